The Morgan fingerprint density at radius 2 is 1.85 bits per heavy atom. The molecule has 6 heteroatoms. The molecule has 1 N–H and O–H groups in total. The van der Waals surface area contributed by atoms with Crippen molar-refractivity contribution < 1.29 is 14.3 Å². The zero-order valence-corrected chi connectivity index (χ0v) is 15.5. The number of methoxy groups -OCH3 is 1. The van der Waals surface area contributed by atoms with Gasteiger partial charge >= 0.3 is 0 Å². The Morgan fingerprint density at radius 3 is 2.50 bits per heavy atom. The number of amides is 1. The van der Waals surface area contributed by atoms with Crippen LogP contribution in [0.3, 0.4) is 0 Å². The number of nitrogens with zero attached hydrogens (tertiary/aromatic N) is 1. The number of benzene rings is 2. The van der Waals surface area contributed by atoms with E-state index in [1.165, 1.54) is 6.92 Å². The number of ketones is 1. The molecule has 0 aliphatic carbocycles. The maximum atomic E-state index is 12.4. The van der Waals surface area contributed by atoms with Gasteiger partial charge in [-0.2, -0.15) is 0 Å². The second-order valence-corrected chi connectivity index (χ2v) is 6.79. The molecule has 1 aliphatic rings. The van der Waals surface area contributed by atoms with Gasteiger partial charge in [0.1, 0.15) is 5.75 Å². The first-order valence-electron chi connectivity index (χ1n) is 8.48. The van der Waals surface area contributed by atoms with E-state index >= 15 is 0 Å². The highest BCUT2D eigenvalue weighted by Gasteiger charge is 2.26. The lowest BCUT2D eigenvalue weighted by molar-refractivity contribution is 0.0938. The molecule has 1 amide bonds. The Morgan fingerprint density at radius 1 is 1.15 bits per heavy atom. The van der Waals surface area contributed by atoms with E-state index in [0.717, 1.165) is 24.4 Å². The van der Waals surface area contributed by atoms with Crippen molar-refractivity contribution in [3.8, 4) is 5.75 Å². The number of ether oxygens (including phenoxy) is 1. The molecule has 136 valence electrons. The van der Waals surface area contributed by atoms with Gasteiger partial charge in [-0.25, -0.2) is 0 Å². The number of Topliss-reactive ketones (excluding diaryl/α,β-unsaturated/α-hetero) is 1. The number of hydrogen-bond donors (Lipinski definition) is 1. The molecule has 26 heavy (non-hydrogen) atoms. The number of nitrogens with one attached hydrogen (secondary N) is 1. The van der Waals surface area contributed by atoms with Crippen LogP contribution in [0.1, 0.15) is 34.1 Å². The molecule has 1 fully saturated rings. The van der Waals surface area contributed by atoms with Crippen LogP contribution in [0.4, 0.5) is 5.69 Å². The Bertz CT molecular complexity index is 820. The first-order valence-corrected chi connectivity index (χ1v) is 8.86. The molecule has 0 aromatic heterocycles. The zero-order valence-electron chi connectivity index (χ0n) is 14.8. The topological polar surface area (TPSA) is 58.6 Å². The lowest BCUT2D eigenvalue weighted by Crippen LogP contribution is -2.37. The highest BCUT2D eigenvalue weighted by molar-refractivity contribution is 6.31. The van der Waals surface area contributed by atoms with Crippen molar-refractivity contribution in [1.82, 2.24) is 5.32 Å². The number of anilines is 1. The standard InChI is InChI=1S/C20H21ClN2O3/c1-13(24)14-3-5-15(6-4-14)20(25)22-17-9-10-23(12-17)18-11-16(21)7-8-19(18)26-2/h3-8,11,17H,9-10,12H2,1-2H3,(H,22,25). The molecule has 2 aromatic carbocycles. The first kappa shape index (κ1) is 18.3. The van der Waals surface area contributed by atoms with E-state index in [9.17, 15) is 9.59 Å². The fraction of sp³-hybridized carbons (Fsp3) is 0.300. The fourth-order valence-electron chi connectivity index (χ4n) is 3.13. The summed E-state index contributed by atoms with van der Waals surface area (Å²) < 4.78 is 5.41. The predicted octanol–water partition coefficient (Wildman–Crippen LogP) is 3.56. The van der Waals surface area contributed by atoms with Gasteiger partial charge < -0.3 is 15.0 Å². The van der Waals surface area contributed by atoms with Crippen molar-refractivity contribution in [2.75, 3.05) is 25.1 Å². The van der Waals surface area contributed by atoms with Crippen molar-refractivity contribution in [2.24, 2.45) is 0 Å². The summed E-state index contributed by atoms with van der Waals surface area (Å²) in [7, 11) is 1.63. The van der Waals surface area contributed by atoms with Crippen LogP contribution < -0.4 is 15.0 Å². The van der Waals surface area contributed by atoms with Gasteiger partial charge in [-0.15, -0.1) is 0 Å². The molecule has 0 radical (unpaired) electrons. The number of hydrogen-bond acceptors (Lipinski definition) is 4. The molecular weight excluding hydrogens is 352 g/mol. The number of carbonyl (C=O) groups is 2. The highest BCUT2D eigenvalue weighted by atomic mass is 35.5. The SMILES string of the molecule is COc1ccc(Cl)cc1N1CCC(NC(=O)c2ccc(C(C)=O)cc2)C1. The van der Waals surface area contributed by atoms with Gasteiger partial charge in [-0.1, -0.05) is 23.7 Å². The van der Waals surface area contributed by atoms with Crippen LogP contribution in [0.25, 0.3) is 0 Å². The summed E-state index contributed by atoms with van der Waals surface area (Å²) in [5.41, 5.74) is 2.08. The van der Waals surface area contributed by atoms with Crippen molar-refractivity contribution in [3.63, 3.8) is 0 Å². The summed E-state index contributed by atoms with van der Waals surface area (Å²) in [6, 6.07) is 12.3. The van der Waals surface area contributed by atoms with Gasteiger partial charge in [0.25, 0.3) is 5.91 Å². The van der Waals surface area contributed by atoms with Crippen molar-refractivity contribution in [3.05, 3.63) is 58.6 Å². The Hall–Kier alpha value is -2.53. The van der Waals surface area contributed by atoms with Crippen LogP contribution in [0.15, 0.2) is 42.5 Å². The normalized spacial score (nSPS) is 16.4. The van der Waals surface area contributed by atoms with Crippen molar-refractivity contribution in [2.45, 2.75) is 19.4 Å². The maximum Gasteiger partial charge on any atom is 0.251 e. The average molecular weight is 373 g/mol. The van der Waals surface area contributed by atoms with E-state index in [2.05, 4.69) is 10.2 Å². The molecule has 0 saturated carbocycles. The van der Waals surface area contributed by atoms with Gasteiger partial charge in [0.15, 0.2) is 5.78 Å². The number of rotatable bonds is 5. The van der Waals surface area contributed by atoms with Crippen LogP contribution in [0, 0.1) is 0 Å². The van der Waals surface area contributed by atoms with E-state index in [0.29, 0.717) is 22.7 Å². The molecule has 1 heterocycles. The largest absolute Gasteiger partial charge is 0.495 e. The highest BCUT2D eigenvalue weighted by Crippen LogP contribution is 2.33. The molecule has 2 aromatic rings. The van der Waals surface area contributed by atoms with E-state index in [4.69, 9.17) is 16.3 Å². The van der Waals surface area contributed by atoms with Gasteiger partial charge in [0, 0.05) is 35.3 Å². The molecular formula is C20H21ClN2O3. The summed E-state index contributed by atoms with van der Waals surface area (Å²) in [5.74, 6) is 0.616. The molecule has 3 rings (SSSR count). The van der Waals surface area contributed by atoms with Crippen LogP contribution in [0.5, 0.6) is 5.75 Å². The van der Waals surface area contributed by atoms with Gasteiger partial charge in [0.05, 0.1) is 12.8 Å². The minimum absolute atomic E-state index is 0.0149. The fourth-order valence-corrected chi connectivity index (χ4v) is 3.30. The summed E-state index contributed by atoms with van der Waals surface area (Å²) in [6.07, 6.45) is 0.840. The third-order valence-electron chi connectivity index (χ3n) is 4.56. The maximum absolute atomic E-state index is 12.4. The van der Waals surface area contributed by atoms with Crippen LogP contribution in [-0.4, -0.2) is 37.9 Å². The number of halogens is 1. The van der Waals surface area contributed by atoms with E-state index in [1.54, 1.807) is 37.4 Å². The molecule has 1 unspecified atom stereocenters. The van der Waals surface area contributed by atoms with Crippen LogP contribution >= 0.6 is 11.6 Å². The smallest absolute Gasteiger partial charge is 0.251 e. The van der Waals surface area contributed by atoms with Gasteiger partial charge in [-0.05, 0) is 43.7 Å². The summed E-state index contributed by atoms with van der Waals surface area (Å²) in [6.45, 7) is 3.01. The summed E-state index contributed by atoms with van der Waals surface area (Å²) in [4.78, 5) is 25.9. The molecule has 5 nitrogen and oxygen atoms in total. The quantitative estimate of drug-likeness (QED) is 0.815. The molecule has 1 aliphatic heterocycles. The predicted molar refractivity (Wildman–Crippen MR) is 103 cm³/mol. The summed E-state index contributed by atoms with van der Waals surface area (Å²) in [5, 5.41) is 3.71. The van der Waals surface area contributed by atoms with E-state index in [1.807, 2.05) is 12.1 Å². The lowest BCUT2D eigenvalue weighted by Gasteiger charge is -2.21. The minimum atomic E-state index is -0.134. The summed E-state index contributed by atoms with van der Waals surface area (Å²) >= 11 is 6.11. The van der Waals surface area contributed by atoms with Gasteiger partial charge in [0.2, 0.25) is 0 Å². The molecule has 0 spiro atoms. The van der Waals surface area contributed by atoms with Crippen LogP contribution in [0.2, 0.25) is 5.02 Å². The second-order valence-electron chi connectivity index (χ2n) is 6.35. The zero-order chi connectivity index (χ0) is 18.7. The van der Waals surface area contributed by atoms with E-state index < -0.39 is 0 Å². The average Bonchev–Trinajstić information content (AvgIpc) is 3.10. The van der Waals surface area contributed by atoms with Crippen molar-refractivity contribution >= 4 is 29.0 Å². The molecule has 0 bridgehead atoms. The Labute approximate surface area is 157 Å². The second kappa shape index (κ2) is 7.79. The van der Waals surface area contributed by atoms with Gasteiger partial charge in [-0.3, -0.25) is 9.59 Å². The van der Waals surface area contributed by atoms with E-state index in [-0.39, 0.29) is 17.7 Å². The molecule has 1 saturated heterocycles. The number of carbonyl (C=O) groups excluding carboxylic acids is 2. The first-order chi connectivity index (χ1) is 12.5. The monoisotopic (exact) mass is 372 g/mol. The third-order valence-corrected chi connectivity index (χ3v) is 4.79. The Kier molecular flexibility index (Phi) is 5.47. The lowest BCUT2D eigenvalue weighted by atomic mass is 10.1. The Balaban J connectivity index is 1.65. The molecule has 1 atom stereocenters. The van der Waals surface area contributed by atoms with Crippen LogP contribution in [-0.2, 0) is 0 Å². The van der Waals surface area contributed by atoms with Crippen molar-refractivity contribution in [1.29, 1.82) is 0 Å². The minimum Gasteiger partial charge on any atom is -0.495 e. The third kappa shape index (κ3) is 3.99.